The average molecular weight is 171 g/mol. The zero-order valence-electron chi connectivity index (χ0n) is 7.58. The highest BCUT2D eigenvalue weighted by Gasteiger charge is 2.00. The number of rotatable bonds is 2. The highest BCUT2D eigenvalue weighted by atomic mass is 16.3. The quantitative estimate of drug-likeness (QED) is 0.677. The minimum atomic E-state index is 0.906. The van der Waals surface area contributed by atoms with E-state index in [0.29, 0.717) is 0 Å². The summed E-state index contributed by atoms with van der Waals surface area (Å²) in [5.74, 6) is 0. The first kappa shape index (κ1) is 8.11. The van der Waals surface area contributed by atoms with Crippen molar-refractivity contribution < 1.29 is 4.42 Å². The van der Waals surface area contributed by atoms with Crippen LogP contribution in [0.2, 0.25) is 0 Å². The second-order valence-electron chi connectivity index (χ2n) is 3.15. The molecule has 2 aromatic rings. The third-order valence-corrected chi connectivity index (χ3v) is 2.17. The topological polar surface area (TPSA) is 13.1 Å². The van der Waals surface area contributed by atoms with Gasteiger partial charge in [-0.1, -0.05) is 24.3 Å². The first-order valence-corrected chi connectivity index (χ1v) is 4.35. The Labute approximate surface area is 78.0 Å². The zero-order chi connectivity index (χ0) is 9.10. The van der Waals surface area contributed by atoms with E-state index in [1.807, 2.05) is 6.07 Å². The van der Waals surface area contributed by atoms with E-state index in [1.165, 1.54) is 11.1 Å². The van der Waals surface area contributed by atoms with Crippen LogP contribution in [0.1, 0.15) is 16.7 Å². The highest BCUT2D eigenvalue weighted by Crippen LogP contribution is 2.12. The molecule has 0 saturated carbocycles. The summed E-state index contributed by atoms with van der Waals surface area (Å²) < 4.78 is 4.90. The number of furan rings is 1. The Morgan fingerprint density at radius 3 is 2.77 bits per heavy atom. The van der Waals surface area contributed by atoms with Gasteiger partial charge in [0.25, 0.3) is 0 Å². The molecule has 1 aromatic carbocycles. The summed E-state index contributed by atoms with van der Waals surface area (Å²) in [6.45, 7) is 2.12. The maximum atomic E-state index is 4.90. The van der Waals surface area contributed by atoms with E-state index >= 15 is 0 Å². The molecule has 0 N–H and O–H groups in total. The van der Waals surface area contributed by atoms with E-state index in [0.717, 1.165) is 12.0 Å². The lowest BCUT2D eigenvalue weighted by atomic mass is 10.0. The Balaban J connectivity index is 2.24. The van der Waals surface area contributed by atoms with Crippen molar-refractivity contribution in [3.8, 4) is 0 Å². The molecule has 0 aliphatic heterocycles. The van der Waals surface area contributed by atoms with E-state index in [4.69, 9.17) is 4.42 Å². The first-order valence-electron chi connectivity index (χ1n) is 4.35. The van der Waals surface area contributed by atoms with Crippen LogP contribution in [0.5, 0.6) is 0 Å². The lowest BCUT2D eigenvalue weighted by molar-refractivity contribution is 0.555. The smallest absolute Gasteiger partial charge is 0.172 e. The molecule has 1 nitrogen and oxygen atoms in total. The molecule has 1 heteroatoms. The molecule has 65 valence electrons. The van der Waals surface area contributed by atoms with Gasteiger partial charge in [0.15, 0.2) is 6.26 Å². The van der Waals surface area contributed by atoms with Crippen molar-refractivity contribution in [2.24, 2.45) is 0 Å². The van der Waals surface area contributed by atoms with E-state index in [9.17, 15) is 0 Å². The first-order chi connectivity index (χ1) is 6.36. The lowest BCUT2D eigenvalue weighted by Gasteiger charge is -2.01. The van der Waals surface area contributed by atoms with Crippen molar-refractivity contribution >= 4 is 0 Å². The molecular weight excluding hydrogens is 160 g/mol. The number of hydrogen-bond donors (Lipinski definition) is 0. The molecule has 0 atom stereocenters. The van der Waals surface area contributed by atoms with E-state index in [1.54, 1.807) is 6.26 Å². The fourth-order valence-corrected chi connectivity index (χ4v) is 1.37. The van der Waals surface area contributed by atoms with Crippen LogP contribution < -0.4 is 0 Å². The van der Waals surface area contributed by atoms with Gasteiger partial charge in [0.2, 0.25) is 0 Å². The van der Waals surface area contributed by atoms with Crippen LogP contribution in [-0.2, 0) is 6.42 Å². The van der Waals surface area contributed by atoms with Gasteiger partial charge < -0.3 is 4.42 Å². The van der Waals surface area contributed by atoms with Crippen molar-refractivity contribution in [3.63, 3.8) is 0 Å². The van der Waals surface area contributed by atoms with Gasteiger partial charge in [0, 0.05) is 12.0 Å². The van der Waals surface area contributed by atoms with E-state index < -0.39 is 0 Å². The van der Waals surface area contributed by atoms with Crippen LogP contribution >= 0.6 is 0 Å². The molecule has 0 unspecified atom stereocenters. The van der Waals surface area contributed by atoms with Crippen molar-refractivity contribution in [2.75, 3.05) is 0 Å². The van der Waals surface area contributed by atoms with Gasteiger partial charge in [-0.15, -0.1) is 0 Å². The Kier molecular flexibility index (Phi) is 2.17. The summed E-state index contributed by atoms with van der Waals surface area (Å²) in [6, 6.07) is 10.3. The predicted octanol–water partition coefficient (Wildman–Crippen LogP) is 2.98. The summed E-state index contributed by atoms with van der Waals surface area (Å²) >= 11 is 0. The normalized spacial score (nSPS) is 10.2. The van der Waals surface area contributed by atoms with Crippen LogP contribution in [-0.4, -0.2) is 0 Å². The molecule has 0 fully saturated rings. The molecule has 1 aromatic heterocycles. The maximum Gasteiger partial charge on any atom is 0.172 e. The Morgan fingerprint density at radius 1 is 1.23 bits per heavy atom. The molecule has 13 heavy (non-hydrogen) atoms. The minimum absolute atomic E-state index is 0.906. The van der Waals surface area contributed by atoms with Gasteiger partial charge in [-0.3, -0.25) is 0 Å². The van der Waals surface area contributed by atoms with Crippen LogP contribution in [0.3, 0.4) is 0 Å². The molecule has 1 heterocycles. The summed E-state index contributed by atoms with van der Waals surface area (Å²) in [5.41, 5.74) is 3.76. The third kappa shape index (κ3) is 1.81. The van der Waals surface area contributed by atoms with E-state index in [2.05, 4.69) is 37.5 Å². The standard InChI is InChI=1S/C12H11O/c1-10-4-2-3-5-12(10)8-11-6-7-13-9-11/h2-7H,8H2,1H3. The van der Waals surface area contributed by atoms with Gasteiger partial charge in [0.1, 0.15) is 0 Å². The molecule has 0 amide bonds. The van der Waals surface area contributed by atoms with Crippen LogP contribution in [0.15, 0.2) is 41.0 Å². The van der Waals surface area contributed by atoms with Gasteiger partial charge >= 0.3 is 0 Å². The van der Waals surface area contributed by atoms with Gasteiger partial charge in [0.05, 0.1) is 6.26 Å². The Hall–Kier alpha value is -1.50. The molecule has 0 bridgehead atoms. The fourth-order valence-electron chi connectivity index (χ4n) is 1.37. The highest BCUT2D eigenvalue weighted by molar-refractivity contribution is 5.30. The molecular formula is C12H11O. The van der Waals surface area contributed by atoms with Gasteiger partial charge in [-0.25, -0.2) is 0 Å². The summed E-state index contributed by atoms with van der Waals surface area (Å²) in [5, 5.41) is 0. The van der Waals surface area contributed by atoms with Crippen molar-refractivity contribution in [1.29, 1.82) is 0 Å². The average Bonchev–Trinajstić information content (AvgIpc) is 2.61. The third-order valence-electron chi connectivity index (χ3n) is 2.17. The molecule has 2 rings (SSSR count). The van der Waals surface area contributed by atoms with Crippen LogP contribution in [0.25, 0.3) is 0 Å². The number of aryl methyl sites for hydroxylation is 1. The van der Waals surface area contributed by atoms with Crippen molar-refractivity contribution in [1.82, 2.24) is 0 Å². The van der Waals surface area contributed by atoms with Crippen LogP contribution in [0.4, 0.5) is 0 Å². The van der Waals surface area contributed by atoms with E-state index in [-0.39, 0.29) is 0 Å². The molecule has 0 aliphatic rings. The maximum absolute atomic E-state index is 4.90. The predicted molar refractivity (Wildman–Crippen MR) is 51.5 cm³/mol. The summed E-state index contributed by atoms with van der Waals surface area (Å²) in [7, 11) is 0. The van der Waals surface area contributed by atoms with Crippen molar-refractivity contribution in [3.05, 3.63) is 59.5 Å². The fraction of sp³-hybridized carbons (Fsp3) is 0.167. The SMILES string of the molecule is Cc1ccccc1Cc1[c]occ1. The number of hydrogen-bond acceptors (Lipinski definition) is 1. The monoisotopic (exact) mass is 171 g/mol. The van der Waals surface area contributed by atoms with Gasteiger partial charge in [-0.05, 0) is 24.1 Å². The summed E-state index contributed by atoms with van der Waals surface area (Å²) in [6.07, 6.45) is 5.40. The molecule has 1 radical (unpaired) electrons. The molecule has 0 saturated heterocycles. The zero-order valence-corrected chi connectivity index (χ0v) is 7.58. The Morgan fingerprint density at radius 2 is 2.08 bits per heavy atom. The summed E-state index contributed by atoms with van der Waals surface area (Å²) in [4.78, 5) is 0. The lowest BCUT2D eigenvalue weighted by Crippen LogP contribution is -1.88. The number of benzene rings is 1. The Bertz CT molecular complexity index is 374. The van der Waals surface area contributed by atoms with Crippen molar-refractivity contribution in [2.45, 2.75) is 13.3 Å². The second kappa shape index (κ2) is 3.48. The van der Waals surface area contributed by atoms with Crippen LogP contribution in [0, 0.1) is 13.2 Å². The molecule has 0 spiro atoms. The van der Waals surface area contributed by atoms with Gasteiger partial charge in [-0.2, -0.15) is 0 Å². The molecule has 0 aliphatic carbocycles. The minimum Gasteiger partial charge on any atom is -0.461 e. The second-order valence-corrected chi connectivity index (χ2v) is 3.15. The largest absolute Gasteiger partial charge is 0.461 e.